The van der Waals surface area contributed by atoms with Gasteiger partial charge in [-0.15, -0.1) is 0 Å². The van der Waals surface area contributed by atoms with Gasteiger partial charge >= 0.3 is 23.9 Å². The van der Waals surface area contributed by atoms with Gasteiger partial charge in [-0.3, -0.25) is 19.2 Å². The molecular formula is C63H106N4O13. The molecule has 0 aromatic heterocycles. The summed E-state index contributed by atoms with van der Waals surface area (Å²) in [5, 5.41) is 49.2. The highest BCUT2D eigenvalue weighted by Gasteiger charge is 2.54. The third kappa shape index (κ3) is 15.4. The van der Waals surface area contributed by atoms with E-state index in [9.17, 15) is 44.8 Å². The molecule has 456 valence electrons. The number of esters is 4. The van der Waals surface area contributed by atoms with Crippen molar-refractivity contribution in [2.24, 2.45) is 16.2 Å². The second-order valence-corrected chi connectivity index (χ2v) is 30.9. The van der Waals surface area contributed by atoms with Crippen LogP contribution < -0.4 is 0 Å². The van der Waals surface area contributed by atoms with Crippen LogP contribution in [0.4, 0.5) is 0 Å². The highest BCUT2D eigenvalue weighted by atomic mass is 16.6. The lowest BCUT2D eigenvalue weighted by Crippen LogP contribution is -2.61. The Bertz CT molecular complexity index is 2260. The Labute approximate surface area is 480 Å². The van der Waals surface area contributed by atoms with Crippen molar-refractivity contribution in [3.8, 4) is 0 Å². The summed E-state index contributed by atoms with van der Waals surface area (Å²) in [6.45, 7) is 37.5. The smallest absolute Gasteiger partial charge is 0.323 e. The summed E-state index contributed by atoms with van der Waals surface area (Å²) in [5.74, 6) is -2.25. The van der Waals surface area contributed by atoms with Crippen molar-refractivity contribution >= 4 is 30.2 Å². The molecule has 0 saturated carbocycles. The lowest BCUT2D eigenvalue weighted by molar-refractivity contribution is -0.263. The first kappa shape index (κ1) is 67.2. The van der Waals surface area contributed by atoms with Gasteiger partial charge in [-0.05, 0) is 213 Å². The molecule has 1 unspecified atom stereocenters. The summed E-state index contributed by atoms with van der Waals surface area (Å²) >= 11 is 0. The number of aryl methyl sites for hydroxylation is 3. The van der Waals surface area contributed by atoms with Crippen LogP contribution in [0.25, 0.3) is 0 Å². The summed E-state index contributed by atoms with van der Waals surface area (Å²) in [4.78, 5) is 69.9. The van der Waals surface area contributed by atoms with Crippen LogP contribution in [0.15, 0.2) is 18.2 Å². The van der Waals surface area contributed by atoms with E-state index in [0.29, 0.717) is 103 Å². The second kappa shape index (κ2) is 23.8. The van der Waals surface area contributed by atoms with Crippen LogP contribution in [0.5, 0.6) is 0 Å². The molecule has 1 atom stereocenters. The first-order valence-corrected chi connectivity index (χ1v) is 29.6. The summed E-state index contributed by atoms with van der Waals surface area (Å²) in [6.07, 6.45) is 5.95. The van der Waals surface area contributed by atoms with Crippen LogP contribution in [-0.4, -0.2) is 140 Å². The Hall–Kier alpha value is -3.55. The Balaban J connectivity index is 1.39. The number of aldehydes is 1. The molecule has 0 aliphatic carbocycles. The Morgan fingerprint density at radius 2 is 0.750 bits per heavy atom. The van der Waals surface area contributed by atoms with E-state index in [1.807, 2.05) is 125 Å². The van der Waals surface area contributed by atoms with Crippen molar-refractivity contribution in [3.05, 3.63) is 34.9 Å². The first-order valence-electron chi connectivity index (χ1n) is 29.6. The van der Waals surface area contributed by atoms with E-state index in [1.165, 1.54) is 20.3 Å². The molecule has 1 aromatic rings. The number of benzene rings is 1. The fourth-order valence-corrected chi connectivity index (χ4v) is 14.1. The molecule has 80 heavy (non-hydrogen) atoms. The lowest BCUT2D eigenvalue weighted by atomic mass is 9.79. The molecule has 0 bridgehead atoms. The Kier molecular flexibility index (Phi) is 20.0. The number of hydrogen-bond acceptors (Lipinski definition) is 17. The number of ether oxygens (including phenoxy) is 4. The predicted molar refractivity (Wildman–Crippen MR) is 305 cm³/mol. The molecule has 17 heteroatoms. The fourth-order valence-electron chi connectivity index (χ4n) is 14.1. The quantitative estimate of drug-likeness (QED) is 0.0390. The zero-order valence-corrected chi connectivity index (χ0v) is 52.9. The van der Waals surface area contributed by atoms with Crippen molar-refractivity contribution in [1.82, 2.24) is 20.3 Å². The number of nitrogens with zero attached hydrogens (tertiary/aromatic N) is 4. The van der Waals surface area contributed by atoms with Gasteiger partial charge < -0.3 is 44.6 Å². The number of rotatable bonds is 21. The number of piperidine rings is 4. The minimum atomic E-state index is -1.72. The van der Waals surface area contributed by atoms with Crippen molar-refractivity contribution in [2.45, 2.75) is 316 Å². The van der Waals surface area contributed by atoms with Crippen LogP contribution >= 0.6 is 0 Å². The van der Waals surface area contributed by atoms with Crippen molar-refractivity contribution < 1.29 is 63.7 Å². The maximum atomic E-state index is 14.8. The van der Waals surface area contributed by atoms with Gasteiger partial charge in [0.1, 0.15) is 36.1 Å². The topological polar surface area (TPSA) is 216 Å². The summed E-state index contributed by atoms with van der Waals surface area (Å²) in [7, 11) is 0. The van der Waals surface area contributed by atoms with Crippen molar-refractivity contribution in [1.29, 1.82) is 0 Å². The molecule has 4 heterocycles. The Morgan fingerprint density at radius 3 is 1.10 bits per heavy atom. The first-order chi connectivity index (χ1) is 36.3. The maximum Gasteiger partial charge on any atom is 0.323 e. The van der Waals surface area contributed by atoms with Crippen LogP contribution in [0.1, 0.15) is 245 Å². The van der Waals surface area contributed by atoms with Gasteiger partial charge in [0.15, 0.2) is 5.41 Å². The largest absolute Gasteiger partial charge is 0.462 e. The van der Waals surface area contributed by atoms with Crippen LogP contribution in [0.3, 0.4) is 0 Å². The number of hydrogen-bond donors (Lipinski definition) is 4. The molecule has 0 spiro atoms. The molecule has 0 radical (unpaired) electrons. The molecule has 4 aliphatic heterocycles. The standard InChI is InChI=1S/C63H106N4O13/c1-53(2,49(69)77-45-33-54(3,4)64(73)55(5,6)34-45)29-22-25-43-28-27-42(24-21-30-62(19,41-68)50(70)78-46-35-56(7,8)65(74)57(9,10)36-46)32-44(43)26-23-31-63(20,51(71)79-47-37-58(11,12)66(75)59(13,14)38-47)52(72)80-48-39-60(15,16)67(76)61(17,18)40-48/h27-28,32,41,45-48,73-76H,21-26,29-31,33-40H2,1-20H3. The van der Waals surface area contributed by atoms with Crippen LogP contribution in [0.2, 0.25) is 0 Å². The van der Waals surface area contributed by atoms with E-state index in [2.05, 4.69) is 18.2 Å². The van der Waals surface area contributed by atoms with Gasteiger partial charge in [-0.25, -0.2) is 0 Å². The molecular weight excluding hydrogens is 1020 g/mol. The lowest BCUT2D eigenvalue weighted by Gasteiger charge is -2.51. The van der Waals surface area contributed by atoms with E-state index in [-0.39, 0.29) is 24.9 Å². The number of hydroxylamine groups is 8. The average molecular weight is 1130 g/mol. The van der Waals surface area contributed by atoms with Crippen LogP contribution in [-0.2, 0) is 62.2 Å². The molecule has 4 fully saturated rings. The molecule has 1 aromatic carbocycles. The van der Waals surface area contributed by atoms with E-state index in [4.69, 9.17) is 18.9 Å². The zero-order valence-electron chi connectivity index (χ0n) is 52.9. The second-order valence-electron chi connectivity index (χ2n) is 30.9. The zero-order chi connectivity index (χ0) is 60.8. The normalized spacial score (nSPS) is 24.6. The van der Waals surface area contributed by atoms with Crippen molar-refractivity contribution in [3.63, 3.8) is 0 Å². The van der Waals surface area contributed by atoms with Gasteiger partial charge in [0.25, 0.3) is 0 Å². The average Bonchev–Trinajstić information content (AvgIpc) is 3.30. The van der Waals surface area contributed by atoms with Crippen molar-refractivity contribution in [2.75, 3.05) is 0 Å². The number of carbonyl (C=O) groups excluding carboxylic acids is 5. The highest BCUT2D eigenvalue weighted by Crippen LogP contribution is 2.44. The minimum absolute atomic E-state index is 0.0960. The third-order valence-electron chi connectivity index (χ3n) is 18.5. The summed E-state index contributed by atoms with van der Waals surface area (Å²) < 4.78 is 24.9. The Morgan fingerprint density at radius 1 is 0.450 bits per heavy atom. The van der Waals surface area contributed by atoms with Gasteiger partial charge in [0, 0.05) is 95.7 Å². The predicted octanol–water partition coefficient (Wildman–Crippen LogP) is 11.7. The molecule has 4 saturated heterocycles. The highest BCUT2D eigenvalue weighted by molar-refractivity contribution is 5.99. The van der Waals surface area contributed by atoms with E-state index < -0.39 is 96.8 Å². The van der Waals surface area contributed by atoms with E-state index in [1.54, 1.807) is 13.8 Å². The molecule has 4 N–H and O–H groups in total. The van der Waals surface area contributed by atoms with Crippen LogP contribution in [0, 0.1) is 16.2 Å². The number of carbonyl (C=O) groups is 5. The molecule has 17 nitrogen and oxygen atoms in total. The van der Waals surface area contributed by atoms with Gasteiger partial charge in [-0.2, -0.15) is 20.3 Å². The minimum Gasteiger partial charge on any atom is -0.462 e. The molecule has 5 rings (SSSR count). The molecule has 4 aliphatic rings. The van der Waals surface area contributed by atoms with Gasteiger partial charge in [-0.1, -0.05) is 18.2 Å². The van der Waals surface area contributed by atoms with Gasteiger partial charge in [0.05, 0.1) is 5.41 Å². The summed E-state index contributed by atoms with van der Waals surface area (Å²) in [6, 6.07) is 6.27. The van der Waals surface area contributed by atoms with Gasteiger partial charge in [0.2, 0.25) is 0 Å². The monoisotopic (exact) mass is 1130 g/mol. The third-order valence-corrected chi connectivity index (χ3v) is 18.5. The summed E-state index contributed by atoms with van der Waals surface area (Å²) in [5.41, 5.74) is -6.19. The SMILES string of the molecule is CC(C)(CCCc1ccc(CCCC(C)(C=O)C(=O)OC2CC(C)(C)N(O)C(C)(C)C2)cc1CCCC(C)(C(=O)OC1CC(C)(C)N(O)C(C)(C)C1)C(=O)OC1CC(C)(C)N(O)C(C)(C)C1)C(=O)OC1CC(C)(C)N(O)C(C)(C)C1. The van der Waals surface area contributed by atoms with E-state index in [0.717, 1.165) is 16.7 Å². The molecule has 0 amide bonds. The van der Waals surface area contributed by atoms with E-state index >= 15 is 0 Å². The maximum absolute atomic E-state index is 14.8. The fraction of sp³-hybridized carbons (Fsp3) is 0.825.